The van der Waals surface area contributed by atoms with Gasteiger partial charge < -0.3 is 15.2 Å². The number of rotatable bonds is 5. The van der Waals surface area contributed by atoms with Crippen molar-refractivity contribution < 1.29 is 19.4 Å². The average Bonchev–Trinajstić information content (AvgIpc) is 2.52. The highest BCUT2D eigenvalue weighted by Crippen LogP contribution is 2.18. The van der Waals surface area contributed by atoms with E-state index in [1.54, 1.807) is 24.3 Å². The summed E-state index contributed by atoms with van der Waals surface area (Å²) >= 11 is 0. The van der Waals surface area contributed by atoms with E-state index in [2.05, 4.69) is 5.32 Å². The van der Waals surface area contributed by atoms with Crippen LogP contribution in [-0.2, 0) is 4.79 Å². The van der Waals surface area contributed by atoms with E-state index in [0.717, 1.165) is 13.0 Å². The van der Waals surface area contributed by atoms with Crippen molar-refractivity contribution in [3.05, 3.63) is 29.8 Å². The largest absolute Gasteiger partial charge is 0.496 e. The molecule has 1 aromatic rings. The first-order chi connectivity index (χ1) is 10.1. The number of carboxylic acid groups (broad SMARTS) is 1. The maximum Gasteiger partial charge on any atom is 0.307 e. The Morgan fingerprint density at radius 2 is 2.19 bits per heavy atom. The maximum atomic E-state index is 12.1. The second-order valence-corrected chi connectivity index (χ2v) is 5.12. The van der Waals surface area contributed by atoms with Gasteiger partial charge in [-0.3, -0.25) is 14.5 Å². The number of nitrogens with one attached hydrogen (secondary N) is 1. The molecule has 1 atom stereocenters. The molecule has 0 radical (unpaired) electrons. The Morgan fingerprint density at radius 1 is 1.43 bits per heavy atom. The van der Waals surface area contributed by atoms with E-state index >= 15 is 0 Å². The van der Waals surface area contributed by atoms with Crippen molar-refractivity contribution in [2.45, 2.75) is 12.8 Å². The van der Waals surface area contributed by atoms with E-state index in [1.807, 2.05) is 4.90 Å². The molecule has 2 rings (SSSR count). The molecule has 0 aromatic heterocycles. The molecule has 114 valence electrons. The zero-order valence-corrected chi connectivity index (χ0v) is 12.0. The average molecular weight is 292 g/mol. The smallest absolute Gasteiger partial charge is 0.307 e. The lowest BCUT2D eigenvalue weighted by atomic mass is 9.99. The zero-order chi connectivity index (χ0) is 15.2. The molecule has 1 saturated heterocycles. The van der Waals surface area contributed by atoms with Crippen LogP contribution in [0, 0.1) is 5.92 Å². The number of benzene rings is 1. The third kappa shape index (κ3) is 3.95. The number of nitrogens with zero attached hydrogens (tertiary/aromatic N) is 1. The SMILES string of the molecule is COc1ccccc1C(=O)NCN1CCCC(C(=O)O)C1. The molecule has 1 unspecified atom stereocenters. The van der Waals surface area contributed by atoms with Crippen LogP contribution < -0.4 is 10.1 Å². The van der Waals surface area contributed by atoms with Gasteiger partial charge in [0.25, 0.3) is 5.91 Å². The summed E-state index contributed by atoms with van der Waals surface area (Å²) in [5.41, 5.74) is 0.479. The van der Waals surface area contributed by atoms with Gasteiger partial charge >= 0.3 is 5.97 Å². The second-order valence-electron chi connectivity index (χ2n) is 5.12. The molecule has 1 aliphatic heterocycles. The summed E-state index contributed by atoms with van der Waals surface area (Å²) in [6.45, 7) is 1.62. The Hall–Kier alpha value is -2.08. The van der Waals surface area contributed by atoms with Gasteiger partial charge in [0.2, 0.25) is 0 Å². The predicted octanol–water partition coefficient (Wildman–Crippen LogP) is 1.18. The van der Waals surface area contributed by atoms with Crippen LogP contribution in [0.3, 0.4) is 0 Å². The molecule has 0 aliphatic carbocycles. The van der Waals surface area contributed by atoms with Gasteiger partial charge in [-0.2, -0.15) is 0 Å². The summed E-state index contributed by atoms with van der Waals surface area (Å²) in [7, 11) is 1.52. The summed E-state index contributed by atoms with van der Waals surface area (Å²) in [5, 5.41) is 11.9. The molecule has 1 fully saturated rings. The zero-order valence-electron chi connectivity index (χ0n) is 12.0. The number of hydrogen-bond acceptors (Lipinski definition) is 4. The van der Waals surface area contributed by atoms with Crippen molar-refractivity contribution in [3.8, 4) is 5.75 Å². The Balaban J connectivity index is 1.90. The van der Waals surface area contributed by atoms with Crippen LogP contribution in [0.5, 0.6) is 5.75 Å². The van der Waals surface area contributed by atoms with E-state index < -0.39 is 5.97 Å². The second kappa shape index (κ2) is 7.08. The standard InChI is InChI=1S/C15H20N2O4/c1-21-13-7-3-2-6-12(13)14(18)16-10-17-8-4-5-11(9-17)15(19)20/h2-3,6-7,11H,4-5,8-10H2,1H3,(H,16,18)(H,19,20). The number of aliphatic carboxylic acids is 1. The lowest BCUT2D eigenvalue weighted by Crippen LogP contribution is -2.44. The summed E-state index contributed by atoms with van der Waals surface area (Å²) in [6.07, 6.45) is 1.54. The number of carbonyl (C=O) groups is 2. The first kappa shape index (κ1) is 15.3. The number of ether oxygens (including phenoxy) is 1. The van der Waals surface area contributed by atoms with Gasteiger partial charge in [-0.1, -0.05) is 12.1 Å². The normalized spacial score (nSPS) is 19.0. The molecule has 0 saturated carbocycles. The number of likely N-dealkylation sites (tertiary alicyclic amines) is 1. The minimum absolute atomic E-state index is 0.218. The quantitative estimate of drug-likeness (QED) is 0.852. The van der Waals surface area contributed by atoms with Crippen LogP contribution in [0.4, 0.5) is 0 Å². The van der Waals surface area contributed by atoms with Crippen LogP contribution >= 0.6 is 0 Å². The maximum absolute atomic E-state index is 12.1. The van der Waals surface area contributed by atoms with E-state index in [4.69, 9.17) is 9.84 Å². The van der Waals surface area contributed by atoms with E-state index in [1.165, 1.54) is 7.11 Å². The van der Waals surface area contributed by atoms with Gasteiger partial charge in [-0.15, -0.1) is 0 Å². The Kier molecular flexibility index (Phi) is 5.16. The minimum atomic E-state index is -0.768. The van der Waals surface area contributed by atoms with Crippen LogP contribution in [0.1, 0.15) is 23.2 Å². The van der Waals surface area contributed by atoms with Crippen LogP contribution in [0.25, 0.3) is 0 Å². The van der Waals surface area contributed by atoms with Crippen molar-refractivity contribution in [1.29, 1.82) is 0 Å². The highest BCUT2D eigenvalue weighted by Gasteiger charge is 2.25. The van der Waals surface area contributed by atoms with Gasteiger partial charge in [0, 0.05) is 6.54 Å². The molecule has 1 heterocycles. The molecule has 6 heteroatoms. The fourth-order valence-electron chi connectivity index (χ4n) is 2.51. The van der Waals surface area contributed by atoms with Crippen LogP contribution in [-0.4, -0.2) is 48.8 Å². The van der Waals surface area contributed by atoms with Gasteiger partial charge in [0.05, 0.1) is 25.3 Å². The number of methoxy groups -OCH3 is 1. The molecule has 21 heavy (non-hydrogen) atoms. The van der Waals surface area contributed by atoms with Crippen LogP contribution in [0.15, 0.2) is 24.3 Å². The van der Waals surface area contributed by atoms with E-state index in [9.17, 15) is 9.59 Å². The van der Waals surface area contributed by atoms with Crippen molar-refractivity contribution >= 4 is 11.9 Å². The minimum Gasteiger partial charge on any atom is -0.496 e. The van der Waals surface area contributed by atoms with E-state index in [-0.39, 0.29) is 11.8 Å². The molecule has 1 amide bonds. The molecule has 0 spiro atoms. The molecular weight excluding hydrogens is 272 g/mol. The lowest BCUT2D eigenvalue weighted by Gasteiger charge is -2.30. The van der Waals surface area contributed by atoms with Crippen molar-refractivity contribution in [2.75, 3.05) is 26.9 Å². The topological polar surface area (TPSA) is 78.9 Å². The first-order valence-corrected chi connectivity index (χ1v) is 6.98. The number of carbonyl (C=O) groups excluding carboxylic acids is 1. The molecule has 0 bridgehead atoms. The Labute approximate surface area is 123 Å². The molecule has 1 aromatic carbocycles. The fraction of sp³-hybridized carbons (Fsp3) is 0.467. The number of para-hydroxylation sites is 1. The number of hydrogen-bond donors (Lipinski definition) is 2. The summed E-state index contributed by atoms with van der Waals surface area (Å²) in [6, 6.07) is 7.01. The first-order valence-electron chi connectivity index (χ1n) is 6.98. The van der Waals surface area contributed by atoms with Crippen molar-refractivity contribution in [2.24, 2.45) is 5.92 Å². The van der Waals surface area contributed by atoms with E-state index in [0.29, 0.717) is 30.9 Å². The number of amides is 1. The monoisotopic (exact) mass is 292 g/mol. The Bertz CT molecular complexity index is 518. The van der Waals surface area contributed by atoms with Gasteiger partial charge in [0.1, 0.15) is 5.75 Å². The molecule has 1 aliphatic rings. The number of piperidine rings is 1. The highest BCUT2D eigenvalue weighted by atomic mass is 16.5. The van der Waals surface area contributed by atoms with Gasteiger partial charge in [0.15, 0.2) is 0 Å². The summed E-state index contributed by atoms with van der Waals surface area (Å²) in [5.74, 6) is -0.806. The highest BCUT2D eigenvalue weighted by molar-refractivity contribution is 5.96. The fourth-order valence-corrected chi connectivity index (χ4v) is 2.51. The molecule has 6 nitrogen and oxygen atoms in total. The summed E-state index contributed by atoms with van der Waals surface area (Å²) < 4.78 is 5.15. The van der Waals surface area contributed by atoms with Gasteiger partial charge in [-0.25, -0.2) is 0 Å². The predicted molar refractivity (Wildman–Crippen MR) is 77.3 cm³/mol. The molecule has 2 N–H and O–H groups in total. The van der Waals surface area contributed by atoms with Crippen molar-refractivity contribution in [3.63, 3.8) is 0 Å². The number of carboxylic acids is 1. The molecular formula is C15H20N2O4. The van der Waals surface area contributed by atoms with Crippen LogP contribution in [0.2, 0.25) is 0 Å². The van der Waals surface area contributed by atoms with Gasteiger partial charge in [-0.05, 0) is 31.5 Å². The third-order valence-corrected chi connectivity index (χ3v) is 3.67. The van der Waals surface area contributed by atoms with Crippen molar-refractivity contribution in [1.82, 2.24) is 10.2 Å². The summed E-state index contributed by atoms with van der Waals surface area (Å²) in [4.78, 5) is 25.1. The third-order valence-electron chi connectivity index (χ3n) is 3.67. The Morgan fingerprint density at radius 3 is 2.90 bits per heavy atom. The lowest BCUT2D eigenvalue weighted by molar-refractivity contribution is -0.143.